The van der Waals surface area contributed by atoms with E-state index in [0.717, 1.165) is 27.2 Å². The molecule has 0 aliphatic heterocycles. The molecule has 0 bridgehead atoms. The summed E-state index contributed by atoms with van der Waals surface area (Å²) < 4.78 is 17.2. The summed E-state index contributed by atoms with van der Waals surface area (Å²) in [6.07, 6.45) is 0.733. The number of carbonyl (C=O) groups is 3. The number of ether oxygens (including phenoxy) is 3. The van der Waals surface area contributed by atoms with Crippen molar-refractivity contribution >= 4 is 39.3 Å². The van der Waals surface area contributed by atoms with Crippen molar-refractivity contribution in [2.45, 2.75) is 33.2 Å². The van der Waals surface area contributed by atoms with Crippen molar-refractivity contribution in [2.75, 3.05) is 26.9 Å². The Labute approximate surface area is 219 Å². The molecule has 11 heteroatoms. The molecule has 37 heavy (non-hydrogen) atoms. The van der Waals surface area contributed by atoms with E-state index >= 15 is 0 Å². The van der Waals surface area contributed by atoms with Crippen LogP contribution in [0.1, 0.15) is 27.2 Å². The van der Waals surface area contributed by atoms with Crippen LogP contribution in [0.2, 0.25) is 0 Å². The van der Waals surface area contributed by atoms with Gasteiger partial charge in [-0.2, -0.15) is 0 Å². The zero-order valence-electron chi connectivity index (χ0n) is 21.3. The van der Waals surface area contributed by atoms with Crippen molar-refractivity contribution in [3.05, 3.63) is 42.5 Å². The maximum atomic E-state index is 12.2. The standard InChI is InChI=1S/C26H32N4O6S/c1-5-16(3)24(26(33)35-6-2)27-14-22(31)29-30-23(32)15-36-19-12-11-17(13-20(19)34-4)25-28-18-9-7-8-10-21(18)37-25/h7-13,16,24,27H,5-6,14-15H2,1-4H3,(H,29,31)(H,30,32)/t16-,24+/m0/s1. The smallest absolute Gasteiger partial charge is 0.323 e. The Balaban J connectivity index is 1.50. The fourth-order valence-electron chi connectivity index (χ4n) is 3.47. The zero-order valence-corrected chi connectivity index (χ0v) is 22.1. The van der Waals surface area contributed by atoms with Gasteiger partial charge >= 0.3 is 5.97 Å². The molecule has 2 aromatic carbocycles. The van der Waals surface area contributed by atoms with Crippen molar-refractivity contribution in [1.82, 2.24) is 21.2 Å². The van der Waals surface area contributed by atoms with Crippen LogP contribution in [-0.2, 0) is 19.1 Å². The number of esters is 1. The highest BCUT2D eigenvalue weighted by molar-refractivity contribution is 7.21. The molecule has 0 saturated heterocycles. The molecule has 2 amide bonds. The van der Waals surface area contributed by atoms with Crippen LogP contribution in [0.4, 0.5) is 0 Å². The van der Waals surface area contributed by atoms with E-state index in [9.17, 15) is 14.4 Å². The fraction of sp³-hybridized carbons (Fsp3) is 0.385. The van der Waals surface area contributed by atoms with Crippen molar-refractivity contribution in [1.29, 1.82) is 0 Å². The van der Waals surface area contributed by atoms with Crippen LogP contribution in [0.15, 0.2) is 42.5 Å². The number of benzene rings is 2. The van der Waals surface area contributed by atoms with Crippen molar-refractivity contribution in [3.63, 3.8) is 0 Å². The number of nitrogens with one attached hydrogen (secondary N) is 3. The van der Waals surface area contributed by atoms with Gasteiger partial charge in [-0.05, 0) is 43.2 Å². The number of rotatable bonds is 12. The van der Waals surface area contributed by atoms with E-state index in [1.54, 1.807) is 30.4 Å². The molecule has 0 aliphatic carbocycles. The van der Waals surface area contributed by atoms with Gasteiger partial charge in [0.05, 0.1) is 30.5 Å². The Kier molecular flexibility index (Phi) is 10.2. The van der Waals surface area contributed by atoms with Crippen LogP contribution in [0.3, 0.4) is 0 Å². The lowest BCUT2D eigenvalue weighted by molar-refractivity contribution is -0.147. The maximum Gasteiger partial charge on any atom is 0.323 e. The Morgan fingerprint density at radius 3 is 2.49 bits per heavy atom. The normalized spacial score (nSPS) is 12.4. The van der Waals surface area contributed by atoms with Gasteiger partial charge in [0, 0.05) is 5.56 Å². The van der Waals surface area contributed by atoms with Crippen LogP contribution in [0.25, 0.3) is 20.8 Å². The molecule has 10 nitrogen and oxygen atoms in total. The maximum absolute atomic E-state index is 12.2. The minimum atomic E-state index is -0.618. The number of thiazole rings is 1. The van der Waals surface area contributed by atoms with E-state index in [4.69, 9.17) is 14.2 Å². The summed E-state index contributed by atoms with van der Waals surface area (Å²) in [5, 5.41) is 3.73. The third-order valence-electron chi connectivity index (χ3n) is 5.64. The molecule has 0 radical (unpaired) electrons. The van der Waals surface area contributed by atoms with E-state index in [-0.39, 0.29) is 25.7 Å². The summed E-state index contributed by atoms with van der Waals surface area (Å²) in [7, 11) is 1.51. The zero-order chi connectivity index (χ0) is 26.8. The highest BCUT2D eigenvalue weighted by atomic mass is 32.1. The first kappa shape index (κ1) is 27.9. The Bertz CT molecular complexity index is 1200. The van der Waals surface area contributed by atoms with Gasteiger partial charge in [-0.3, -0.25) is 30.6 Å². The Morgan fingerprint density at radius 2 is 1.78 bits per heavy atom. The first-order chi connectivity index (χ1) is 17.9. The largest absolute Gasteiger partial charge is 0.493 e. The number of amides is 2. The highest BCUT2D eigenvalue weighted by Crippen LogP contribution is 2.35. The first-order valence-electron chi connectivity index (χ1n) is 12.0. The van der Waals surface area contributed by atoms with Gasteiger partial charge in [-0.1, -0.05) is 32.4 Å². The van der Waals surface area contributed by atoms with Gasteiger partial charge in [-0.15, -0.1) is 11.3 Å². The lowest BCUT2D eigenvalue weighted by Crippen LogP contribution is -2.51. The van der Waals surface area contributed by atoms with Crippen LogP contribution >= 0.6 is 11.3 Å². The molecule has 2 atom stereocenters. The molecule has 0 aliphatic rings. The lowest BCUT2D eigenvalue weighted by Gasteiger charge is -2.22. The molecule has 0 saturated carbocycles. The second-order valence-corrected chi connectivity index (χ2v) is 9.26. The van der Waals surface area contributed by atoms with Crippen molar-refractivity contribution in [3.8, 4) is 22.1 Å². The number of carbonyl (C=O) groups excluding carboxylic acids is 3. The topological polar surface area (TPSA) is 128 Å². The quantitative estimate of drug-likeness (QED) is 0.242. The Hall–Kier alpha value is -3.70. The molecular formula is C26H32N4O6S. The van der Waals surface area contributed by atoms with E-state index < -0.39 is 23.8 Å². The second kappa shape index (κ2) is 13.6. The highest BCUT2D eigenvalue weighted by Gasteiger charge is 2.25. The van der Waals surface area contributed by atoms with Crippen LogP contribution in [0, 0.1) is 5.92 Å². The van der Waals surface area contributed by atoms with Gasteiger partial charge in [0.1, 0.15) is 11.0 Å². The summed E-state index contributed by atoms with van der Waals surface area (Å²) in [6, 6.07) is 12.6. The summed E-state index contributed by atoms with van der Waals surface area (Å²) >= 11 is 1.57. The molecule has 0 fully saturated rings. The summed E-state index contributed by atoms with van der Waals surface area (Å²) in [4.78, 5) is 41.1. The summed E-state index contributed by atoms with van der Waals surface area (Å²) in [6.45, 7) is 5.31. The molecule has 3 aromatic rings. The predicted octanol–water partition coefficient (Wildman–Crippen LogP) is 3.07. The van der Waals surface area contributed by atoms with E-state index in [2.05, 4.69) is 21.2 Å². The minimum Gasteiger partial charge on any atom is -0.493 e. The third-order valence-corrected chi connectivity index (χ3v) is 6.73. The molecule has 3 rings (SSSR count). The molecular weight excluding hydrogens is 496 g/mol. The predicted molar refractivity (Wildman–Crippen MR) is 141 cm³/mol. The third kappa shape index (κ3) is 7.64. The molecule has 1 heterocycles. The van der Waals surface area contributed by atoms with Gasteiger partial charge in [0.25, 0.3) is 11.8 Å². The van der Waals surface area contributed by atoms with Gasteiger partial charge < -0.3 is 14.2 Å². The number of hydrogen-bond acceptors (Lipinski definition) is 9. The van der Waals surface area contributed by atoms with Crippen LogP contribution in [-0.4, -0.2) is 55.7 Å². The molecule has 1 aromatic heterocycles. The summed E-state index contributed by atoms with van der Waals surface area (Å²) in [5.41, 5.74) is 6.39. The lowest BCUT2D eigenvalue weighted by atomic mass is 9.99. The molecule has 198 valence electrons. The number of aromatic nitrogens is 1. The number of hydrogen-bond donors (Lipinski definition) is 3. The van der Waals surface area contributed by atoms with E-state index in [1.807, 2.05) is 44.2 Å². The van der Waals surface area contributed by atoms with E-state index in [1.165, 1.54) is 7.11 Å². The first-order valence-corrected chi connectivity index (χ1v) is 12.8. The SMILES string of the molecule is CCOC(=O)[C@H](NCC(=O)NNC(=O)COc1ccc(-c2nc3ccccc3s2)cc1OC)[C@@H](C)CC. The minimum absolute atomic E-state index is 0.0223. The van der Waals surface area contributed by atoms with Crippen molar-refractivity contribution < 1.29 is 28.6 Å². The number of hydrazine groups is 1. The van der Waals surface area contributed by atoms with Gasteiger partial charge in [0.15, 0.2) is 18.1 Å². The van der Waals surface area contributed by atoms with Crippen molar-refractivity contribution in [2.24, 2.45) is 5.92 Å². The number of fused-ring (bicyclic) bond motifs is 1. The van der Waals surface area contributed by atoms with E-state index in [0.29, 0.717) is 11.5 Å². The fourth-order valence-corrected chi connectivity index (χ4v) is 4.43. The Morgan fingerprint density at radius 1 is 1.03 bits per heavy atom. The molecule has 3 N–H and O–H groups in total. The van der Waals surface area contributed by atoms with Gasteiger partial charge in [0.2, 0.25) is 0 Å². The average Bonchev–Trinajstić information content (AvgIpc) is 3.35. The van der Waals surface area contributed by atoms with Gasteiger partial charge in [-0.25, -0.2) is 4.98 Å². The second-order valence-electron chi connectivity index (χ2n) is 8.23. The van der Waals surface area contributed by atoms with Crippen LogP contribution < -0.4 is 25.6 Å². The average molecular weight is 529 g/mol. The number of nitrogens with zero attached hydrogens (tertiary/aromatic N) is 1. The van der Waals surface area contributed by atoms with Crippen LogP contribution in [0.5, 0.6) is 11.5 Å². The molecule has 0 unspecified atom stereocenters. The molecule has 0 spiro atoms. The number of methoxy groups -OCH3 is 1. The number of para-hydroxylation sites is 1. The summed E-state index contributed by atoms with van der Waals surface area (Å²) in [5.74, 6) is -0.677. The monoisotopic (exact) mass is 528 g/mol.